The molecule has 0 aromatic heterocycles. The zero-order valence-electron chi connectivity index (χ0n) is 10.3. The number of amides is 1. The van der Waals surface area contributed by atoms with Crippen molar-refractivity contribution in [2.24, 2.45) is 0 Å². The van der Waals surface area contributed by atoms with E-state index in [4.69, 9.17) is 4.74 Å². The van der Waals surface area contributed by atoms with Crippen LogP contribution in [0.3, 0.4) is 0 Å². The molecule has 0 aliphatic carbocycles. The highest BCUT2D eigenvalue weighted by Crippen LogP contribution is 2.17. The van der Waals surface area contributed by atoms with Gasteiger partial charge in [-0.25, -0.2) is 4.79 Å². The molecule has 0 rings (SSSR count). The summed E-state index contributed by atoms with van der Waals surface area (Å²) in [7, 11) is 0. The summed E-state index contributed by atoms with van der Waals surface area (Å²) in [6, 6.07) is 0. The van der Waals surface area contributed by atoms with E-state index in [0.717, 1.165) is 0 Å². The molecular weight excluding hydrogens is 237 g/mol. The molecule has 0 heterocycles. The highest BCUT2D eigenvalue weighted by Gasteiger charge is 2.25. The van der Waals surface area contributed by atoms with Gasteiger partial charge in [0.25, 0.3) is 0 Å². The van der Waals surface area contributed by atoms with E-state index in [1.807, 2.05) is 0 Å². The Morgan fingerprint density at radius 3 is 2.18 bits per heavy atom. The minimum Gasteiger partial charge on any atom is -0.444 e. The Kier molecular flexibility index (Phi) is 6.30. The molecule has 0 radical (unpaired) electrons. The van der Waals surface area contributed by atoms with Crippen molar-refractivity contribution in [1.29, 1.82) is 0 Å². The van der Waals surface area contributed by atoms with E-state index < -0.39 is 24.3 Å². The molecule has 102 valence electrons. The van der Waals surface area contributed by atoms with Crippen molar-refractivity contribution in [2.75, 3.05) is 19.6 Å². The second kappa shape index (κ2) is 6.68. The number of nitrogens with one attached hydrogen (secondary N) is 2. The van der Waals surface area contributed by atoms with Crippen LogP contribution in [-0.2, 0) is 4.74 Å². The summed E-state index contributed by atoms with van der Waals surface area (Å²) in [6.07, 6.45) is -5.60. The van der Waals surface area contributed by atoms with Crippen LogP contribution in [0.5, 0.6) is 0 Å². The maximum absolute atomic E-state index is 11.7. The van der Waals surface area contributed by atoms with E-state index in [0.29, 0.717) is 0 Å². The lowest BCUT2D eigenvalue weighted by Gasteiger charge is -2.19. The molecule has 0 aliphatic heterocycles. The number of halogens is 3. The fraction of sp³-hybridized carbons (Fsp3) is 0.900. The Morgan fingerprint density at radius 2 is 1.71 bits per heavy atom. The number of ether oxygens (including phenoxy) is 1. The van der Waals surface area contributed by atoms with E-state index >= 15 is 0 Å². The fourth-order valence-electron chi connectivity index (χ4n) is 0.922. The second-order valence-electron chi connectivity index (χ2n) is 4.54. The van der Waals surface area contributed by atoms with Crippen LogP contribution in [-0.4, -0.2) is 37.5 Å². The number of carbonyl (C=O) groups is 1. The summed E-state index contributed by atoms with van der Waals surface area (Å²) in [4.78, 5) is 11.1. The van der Waals surface area contributed by atoms with Gasteiger partial charge in [-0.3, -0.25) is 0 Å². The van der Waals surface area contributed by atoms with Gasteiger partial charge in [0.2, 0.25) is 0 Å². The third kappa shape index (κ3) is 13.0. The number of carbonyl (C=O) groups excluding carboxylic acids is 1. The Labute approximate surface area is 98.9 Å². The number of rotatable bonds is 5. The predicted octanol–water partition coefficient (Wildman–Crippen LogP) is 2.05. The van der Waals surface area contributed by atoms with Crippen LogP contribution >= 0.6 is 0 Å². The molecule has 4 nitrogen and oxygen atoms in total. The van der Waals surface area contributed by atoms with Crippen molar-refractivity contribution in [2.45, 2.75) is 39.0 Å². The van der Waals surface area contributed by atoms with E-state index in [9.17, 15) is 18.0 Å². The van der Waals surface area contributed by atoms with Crippen molar-refractivity contribution >= 4 is 6.09 Å². The lowest BCUT2D eigenvalue weighted by molar-refractivity contribution is -0.133. The van der Waals surface area contributed by atoms with E-state index in [1.165, 1.54) is 0 Å². The smallest absolute Gasteiger partial charge is 0.407 e. The monoisotopic (exact) mass is 256 g/mol. The van der Waals surface area contributed by atoms with Crippen LogP contribution in [0.15, 0.2) is 0 Å². The lowest BCUT2D eigenvalue weighted by atomic mass is 10.2. The summed E-state index contributed by atoms with van der Waals surface area (Å²) in [5, 5.41) is 5.00. The van der Waals surface area contributed by atoms with Crippen molar-refractivity contribution < 1.29 is 22.7 Å². The Hall–Kier alpha value is -0.980. The normalized spacial score (nSPS) is 12.4. The molecule has 0 unspecified atom stereocenters. The van der Waals surface area contributed by atoms with Gasteiger partial charge >= 0.3 is 12.3 Å². The van der Waals surface area contributed by atoms with E-state index in [2.05, 4.69) is 10.6 Å². The molecule has 7 heteroatoms. The van der Waals surface area contributed by atoms with Crippen LogP contribution in [0.4, 0.5) is 18.0 Å². The minimum atomic E-state index is -4.15. The first kappa shape index (κ1) is 16.0. The first-order valence-electron chi connectivity index (χ1n) is 5.34. The van der Waals surface area contributed by atoms with E-state index in [1.54, 1.807) is 20.8 Å². The summed E-state index contributed by atoms with van der Waals surface area (Å²) in [5.41, 5.74) is -0.576. The molecule has 0 aromatic carbocycles. The van der Waals surface area contributed by atoms with Gasteiger partial charge in [0, 0.05) is 19.6 Å². The van der Waals surface area contributed by atoms with Gasteiger partial charge in [0.1, 0.15) is 5.60 Å². The summed E-state index contributed by atoms with van der Waals surface area (Å²) in [5.74, 6) is 0. The Bertz CT molecular complexity index is 237. The van der Waals surface area contributed by atoms with Crippen molar-refractivity contribution in [3.63, 3.8) is 0 Å². The average Bonchev–Trinajstić information content (AvgIpc) is 2.06. The topological polar surface area (TPSA) is 50.4 Å². The Morgan fingerprint density at radius 1 is 1.12 bits per heavy atom. The molecule has 0 saturated heterocycles. The highest BCUT2D eigenvalue weighted by molar-refractivity contribution is 5.67. The first-order chi connectivity index (χ1) is 7.60. The van der Waals surface area contributed by atoms with Crippen LogP contribution in [0.2, 0.25) is 0 Å². The molecule has 0 saturated carbocycles. The van der Waals surface area contributed by atoms with Crippen molar-refractivity contribution in [3.05, 3.63) is 0 Å². The summed E-state index contributed by atoms with van der Waals surface area (Å²) >= 11 is 0. The SMILES string of the molecule is CC(C)(C)OC(=O)NCCNCCC(F)(F)F. The second-order valence-corrected chi connectivity index (χ2v) is 4.54. The molecule has 0 fully saturated rings. The predicted molar refractivity (Wildman–Crippen MR) is 57.8 cm³/mol. The fourth-order valence-corrected chi connectivity index (χ4v) is 0.922. The number of alkyl carbamates (subject to hydrolysis) is 1. The van der Waals surface area contributed by atoms with Crippen LogP contribution < -0.4 is 10.6 Å². The molecule has 17 heavy (non-hydrogen) atoms. The summed E-state index contributed by atoms with van der Waals surface area (Å²) < 4.78 is 40.2. The zero-order chi connectivity index (χ0) is 13.5. The van der Waals surface area contributed by atoms with Crippen LogP contribution in [0.25, 0.3) is 0 Å². The van der Waals surface area contributed by atoms with Crippen molar-refractivity contribution in [3.8, 4) is 0 Å². The molecule has 2 N–H and O–H groups in total. The average molecular weight is 256 g/mol. The van der Waals surface area contributed by atoms with Crippen molar-refractivity contribution in [1.82, 2.24) is 10.6 Å². The Balaban J connectivity index is 3.44. The van der Waals surface area contributed by atoms with Gasteiger partial charge in [-0.2, -0.15) is 13.2 Å². The molecule has 1 amide bonds. The highest BCUT2D eigenvalue weighted by atomic mass is 19.4. The lowest BCUT2D eigenvalue weighted by Crippen LogP contribution is -2.37. The molecule has 0 atom stereocenters. The minimum absolute atomic E-state index is 0.153. The third-order valence-electron chi connectivity index (χ3n) is 1.56. The van der Waals surface area contributed by atoms with Crippen LogP contribution in [0.1, 0.15) is 27.2 Å². The van der Waals surface area contributed by atoms with Gasteiger partial charge in [0.05, 0.1) is 6.42 Å². The zero-order valence-corrected chi connectivity index (χ0v) is 10.3. The van der Waals surface area contributed by atoms with Gasteiger partial charge in [-0.1, -0.05) is 0 Å². The van der Waals surface area contributed by atoms with Gasteiger partial charge < -0.3 is 15.4 Å². The molecule has 0 bridgehead atoms. The number of alkyl halides is 3. The number of hydrogen-bond acceptors (Lipinski definition) is 3. The molecule has 0 spiro atoms. The molecular formula is C10H19F3N2O2. The maximum atomic E-state index is 11.7. The molecule has 0 aliphatic rings. The molecule has 0 aromatic rings. The third-order valence-corrected chi connectivity index (χ3v) is 1.56. The van der Waals surface area contributed by atoms with Gasteiger partial charge in [-0.05, 0) is 20.8 Å². The van der Waals surface area contributed by atoms with Gasteiger partial charge in [0.15, 0.2) is 0 Å². The summed E-state index contributed by atoms with van der Waals surface area (Å²) in [6.45, 7) is 5.54. The number of hydrogen-bond donors (Lipinski definition) is 2. The first-order valence-corrected chi connectivity index (χ1v) is 5.34. The van der Waals surface area contributed by atoms with E-state index in [-0.39, 0.29) is 19.6 Å². The maximum Gasteiger partial charge on any atom is 0.407 e. The largest absolute Gasteiger partial charge is 0.444 e. The standard InChI is InChI=1S/C10H19F3N2O2/c1-9(2,3)17-8(16)15-7-6-14-5-4-10(11,12)13/h14H,4-7H2,1-3H3,(H,15,16). The van der Waals surface area contributed by atoms with Gasteiger partial charge in [-0.15, -0.1) is 0 Å². The quantitative estimate of drug-likeness (QED) is 0.740. The van der Waals surface area contributed by atoms with Crippen LogP contribution in [0, 0.1) is 0 Å².